The highest BCUT2D eigenvalue weighted by Gasteiger charge is 2.34. The first-order valence-electron chi connectivity index (χ1n) is 7.77. The fraction of sp³-hybridized carbons (Fsp3) is 0.647. The third-order valence-electron chi connectivity index (χ3n) is 4.29. The molecule has 2 fully saturated rings. The van der Waals surface area contributed by atoms with Gasteiger partial charge in [-0.15, -0.1) is 0 Å². The van der Waals surface area contributed by atoms with Crippen molar-refractivity contribution in [2.45, 2.75) is 57.5 Å². The van der Waals surface area contributed by atoms with Gasteiger partial charge in [0, 0.05) is 6.04 Å². The molecule has 2 unspecified atom stereocenters. The fourth-order valence-electron chi connectivity index (χ4n) is 3.24. The van der Waals surface area contributed by atoms with Crippen molar-refractivity contribution in [3.63, 3.8) is 0 Å². The summed E-state index contributed by atoms with van der Waals surface area (Å²) in [5.74, 6) is -0.457. The molecule has 2 atom stereocenters. The molecule has 1 aromatic rings. The molecule has 0 aromatic heterocycles. The maximum Gasteiger partial charge on any atom is 0.163 e. The molecule has 1 aromatic carbocycles. The Labute approximate surface area is 121 Å². The SMILES string of the molecule is CC1(C)OCC(c2ccccc2CC2CCCCN2)O1. The van der Waals surface area contributed by atoms with Crippen molar-refractivity contribution in [2.24, 2.45) is 0 Å². The van der Waals surface area contributed by atoms with Gasteiger partial charge in [-0.2, -0.15) is 0 Å². The van der Waals surface area contributed by atoms with Gasteiger partial charge < -0.3 is 14.8 Å². The lowest BCUT2D eigenvalue weighted by atomic mass is 9.93. The van der Waals surface area contributed by atoms with Crippen LogP contribution in [0.1, 0.15) is 50.3 Å². The lowest BCUT2D eigenvalue weighted by molar-refractivity contribution is -0.139. The molecule has 20 heavy (non-hydrogen) atoms. The summed E-state index contributed by atoms with van der Waals surface area (Å²) in [5, 5.41) is 3.63. The minimum atomic E-state index is -0.457. The van der Waals surface area contributed by atoms with E-state index in [-0.39, 0.29) is 6.10 Å². The summed E-state index contributed by atoms with van der Waals surface area (Å²) in [6.07, 6.45) is 5.10. The summed E-state index contributed by atoms with van der Waals surface area (Å²) in [7, 11) is 0. The number of piperidine rings is 1. The molecule has 2 heterocycles. The maximum absolute atomic E-state index is 6.02. The van der Waals surface area contributed by atoms with Gasteiger partial charge in [0.05, 0.1) is 6.61 Å². The lowest BCUT2D eigenvalue weighted by Crippen LogP contribution is -2.35. The zero-order valence-corrected chi connectivity index (χ0v) is 12.5. The maximum atomic E-state index is 6.02. The van der Waals surface area contributed by atoms with Crippen LogP contribution < -0.4 is 5.32 Å². The van der Waals surface area contributed by atoms with Gasteiger partial charge in [-0.3, -0.25) is 0 Å². The molecule has 0 radical (unpaired) electrons. The molecule has 0 spiro atoms. The van der Waals surface area contributed by atoms with E-state index in [1.54, 1.807) is 0 Å². The van der Waals surface area contributed by atoms with E-state index in [0.29, 0.717) is 12.6 Å². The Kier molecular flexibility index (Phi) is 4.11. The molecule has 3 nitrogen and oxygen atoms in total. The normalized spacial score (nSPS) is 29.5. The number of ether oxygens (including phenoxy) is 2. The summed E-state index contributed by atoms with van der Waals surface area (Å²) in [5.41, 5.74) is 2.70. The van der Waals surface area contributed by atoms with Crippen LogP contribution in [0.5, 0.6) is 0 Å². The predicted octanol–water partition coefficient (Wildman–Crippen LogP) is 3.20. The van der Waals surface area contributed by atoms with Crippen LogP contribution in [-0.4, -0.2) is 25.0 Å². The zero-order chi connectivity index (χ0) is 14.0. The molecule has 3 heteroatoms. The fourth-order valence-corrected chi connectivity index (χ4v) is 3.24. The molecule has 3 rings (SSSR count). The van der Waals surface area contributed by atoms with E-state index in [0.717, 1.165) is 13.0 Å². The molecule has 2 aliphatic rings. The lowest BCUT2D eigenvalue weighted by Gasteiger charge is -2.25. The number of hydrogen-bond acceptors (Lipinski definition) is 3. The highest BCUT2D eigenvalue weighted by atomic mass is 16.7. The van der Waals surface area contributed by atoms with Gasteiger partial charge in [-0.25, -0.2) is 0 Å². The van der Waals surface area contributed by atoms with Gasteiger partial charge in [0.2, 0.25) is 0 Å². The Bertz CT molecular complexity index is 452. The second kappa shape index (κ2) is 5.84. The average Bonchev–Trinajstić information content (AvgIpc) is 2.81. The van der Waals surface area contributed by atoms with Gasteiger partial charge in [0.15, 0.2) is 5.79 Å². The summed E-state index contributed by atoms with van der Waals surface area (Å²) in [6.45, 7) is 5.78. The van der Waals surface area contributed by atoms with Crippen molar-refractivity contribution in [3.05, 3.63) is 35.4 Å². The molecule has 0 bridgehead atoms. The van der Waals surface area contributed by atoms with Gasteiger partial charge in [0.25, 0.3) is 0 Å². The standard InChI is InChI=1S/C17H25NO2/c1-17(2)19-12-16(20-17)15-9-4-3-7-13(15)11-14-8-5-6-10-18-14/h3-4,7,9,14,16,18H,5-6,8,10-12H2,1-2H3. The molecular formula is C17H25NO2. The van der Waals surface area contributed by atoms with E-state index in [4.69, 9.17) is 9.47 Å². The number of rotatable bonds is 3. The van der Waals surface area contributed by atoms with Crippen LogP contribution in [0.2, 0.25) is 0 Å². The van der Waals surface area contributed by atoms with Crippen molar-refractivity contribution >= 4 is 0 Å². The van der Waals surface area contributed by atoms with E-state index in [9.17, 15) is 0 Å². The molecule has 0 aliphatic carbocycles. The molecule has 1 N–H and O–H groups in total. The van der Waals surface area contributed by atoms with Gasteiger partial charge in [0.1, 0.15) is 6.10 Å². The first-order valence-corrected chi connectivity index (χ1v) is 7.77. The van der Waals surface area contributed by atoms with Crippen LogP contribution in [0.15, 0.2) is 24.3 Å². The zero-order valence-electron chi connectivity index (χ0n) is 12.5. The quantitative estimate of drug-likeness (QED) is 0.919. The monoisotopic (exact) mass is 275 g/mol. The second-order valence-corrected chi connectivity index (χ2v) is 6.37. The van der Waals surface area contributed by atoms with E-state index < -0.39 is 5.79 Å². The van der Waals surface area contributed by atoms with Crippen molar-refractivity contribution in [1.29, 1.82) is 0 Å². The third-order valence-corrected chi connectivity index (χ3v) is 4.29. The first kappa shape index (κ1) is 14.1. The molecule has 0 saturated carbocycles. The molecule has 2 saturated heterocycles. The average molecular weight is 275 g/mol. The number of nitrogens with one attached hydrogen (secondary N) is 1. The highest BCUT2D eigenvalue weighted by molar-refractivity contribution is 5.30. The highest BCUT2D eigenvalue weighted by Crippen LogP contribution is 2.34. The van der Waals surface area contributed by atoms with Crippen molar-refractivity contribution < 1.29 is 9.47 Å². The summed E-state index contributed by atoms with van der Waals surface area (Å²) in [4.78, 5) is 0. The second-order valence-electron chi connectivity index (χ2n) is 6.37. The van der Waals surface area contributed by atoms with Crippen LogP contribution in [0.25, 0.3) is 0 Å². The van der Waals surface area contributed by atoms with E-state index in [2.05, 4.69) is 29.6 Å². The molecule has 110 valence electrons. The Morgan fingerprint density at radius 1 is 1.25 bits per heavy atom. The number of benzene rings is 1. The van der Waals surface area contributed by atoms with Crippen molar-refractivity contribution in [1.82, 2.24) is 5.32 Å². The smallest absolute Gasteiger partial charge is 0.163 e. The Morgan fingerprint density at radius 3 is 2.80 bits per heavy atom. The van der Waals surface area contributed by atoms with Gasteiger partial charge >= 0.3 is 0 Å². The van der Waals surface area contributed by atoms with E-state index in [1.807, 2.05) is 13.8 Å². The minimum absolute atomic E-state index is 0.0739. The Balaban J connectivity index is 1.74. The van der Waals surface area contributed by atoms with Crippen LogP contribution in [-0.2, 0) is 15.9 Å². The Morgan fingerprint density at radius 2 is 2.10 bits per heavy atom. The van der Waals surface area contributed by atoms with Crippen LogP contribution >= 0.6 is 0 Å². The van der Waals surface area contributed by atoms with Crippen LogP contribution in [0.3, 0.4) is 0 Å². The first-order chi connectivity index (χ1) is 9.64. The minimum Gasteiger partial charge on any atom is -0.347 e. The summed E-state index contributed by atoms with van der Waals surface area (Å²) < 4.78 is 11.7. The molecule has 0 amide bonds. The van der Waals surface area contributed by atoms with Gasteiger partial charge in [-0.1, -0.05) is 30.7 Å². The predicted molar refractivity (Wildman–Crippen MR) is 79.6 cm³/mol. The van der Waals surface area contributed by atoms with Crippen molar-refractivity contribution in [2.75, 3.05) is 13.2 Å². The van der Waals surface area contributed by atoms with Gasteiger partial charge in [-0.05, 0) is 50.8 Å². The summed E-state index contributed by atoms with van der Waals surface area (Å²) in [6, 6.07) is 9.26. The summed E-state index contributed by atoms with van der Waals surface area (Å²) >= 11 is 0. The largest absolute Gasteiger partial charge is 0.347 e. The van der Waals surface area contributed by atoms with E-state index in [1.165, 1.54) is 30.4 Å². The molecular weight excluding hydrogens is 250 g/mol. The topological polar surface area (TPSA) is 30.5 Å². The van der Waals surface area contributed by atoms with Crippen molar-refractivity contribution in [3.8, 4) is 0 Å². The molecule has 2 aliphatic heterocycles. The van der Waals surface area contributed by atoms with Crippen LogP contribution in [0, 0.1) is 0 Å². The van der Waals surface area contributed by atoms with E-state index >= 15 is 0 Å². The van der Waals surface area contributed by atoms with Crippen LogP contribution in [0.4, 0.5) is 0 Å². The number of hydrogen-bond donors (Lipinski definition) is 1. The Hall–Kier alpha value is -0.900. The third kappa shape index (κ3) is 3.22.